The third-order valence-electron chi connectivity index (χ3n) is 8.46. The number of hydroxylamine groups is 2. The molecule has 14 heteroatoms. The molecule has 2 atom stereocenters. The first-order chi connectivity index (χ1) is 26.4. The van der Waals surface area contributed by atoms with Gasteiger partial charge in [-0.3, -0.25) is 29.2 Å². The summed E-state index contributed by atoms with van der Waals surface area (Å²) in [7, 11) is 3.10. The second kappa shape index (κ2) is 22.2. The highest BCUT2D eigenvalue weighted by molar-refractivity contribution is 5.98. The molecule has 0 aliphatic carbocycles. The molecule has 0 saturated carbocycles. The van der Waals surface area contributed by atoms with E-state index in [4.69, 9.17) is 15.8 Å². The molecule has 0 aliphatic heterocycles. The summed E-state index contributed by atoms with van der Waals surface area (Å²) >= 11 is 0. The molecular weight excluding hydrogens is 702 g/mol. The van der Waals surface area contributed by atoms with Crippen molar-refractivity contribution in [2.24, 2.45) is 5.73 Å². The number of amides is 6. The number of urea groups is 1. The smallest absolute Gasteiger partial charge is 0.316 e. The first-order valence-corrected chi connectivity index (χ1v) is 18.0. The topological polar surface area (TPSA) is 204 Å². The molecule has 4 aromatic rings. The van der Waals surface area contributed by atoms with Gasteiger partial charge in [-0.25, -0.2) is 15.8 Å². The highest BCUT2D eigenvalue weighted by atomic mass is 16.6. The second-order valence-electron chi connectivity index (χ2n) is 12.5. The van der Waals surface area contributed by atoms with Gasteiger partial charge in [-0.05, 0) is 77.4 Å². The maximum absolute atomic E-state index is 12.5. The van der Waals surface area contributed by atoms with Crippen molar-refractivity contribution in [3.63, 3.8) is 0 Å². The number of rotatable bonds is 15. The summed E-state index contributed by atoms with van der Waals surface area (Å²) in [5, 5.41) is 16.5. The number of benzene rings is 4. The summed E-state index contributed by atoms with van der Waals surface area (Å²) in [6.45, 7) is 6.10. The summed E-state index contributed by atoms with van der Waals surface area (Å²) < 4.78 is 0. The number of aryl methyl sites for hydroxylation is 2. The van der Waals surface area contributed by atoms with Gasteiger partial charge in [-0.2, -0.15) is 0 Å². The van der Waals surface area contributed by atoms with Crippen LogP contribution in [0.2, 0.25) is 0 Å². The molecule has 0 aromatic heterocycles. The van der Waals surface area contributed by atoms with E-state index in [1.807, 2.05) is 36.4 Å². The number of hydrogen-bond acceptors (Lipinski definition) is 8. The fourth-order valence-corrected chi connectivity index (χ4v) is 5.06. The minimum atomic E-state index is -1.13. The Kier molecular flexibility index (Phi) is 17.5. The predicted molar refractivity (Wildman–Crippen MR) is 211 cm³/mol. The Morgan fingerprint density at radius 3 is 1.38 bits per heavy atom. The molecule has 292 valence electrons. The average molecular weight is 754 g/mol. The quantitative estimate of drug-likeness (QED) is 0.0701. The van der Waals surface area contributed by atoms with Gasteiger partial charge in [0.15, 0.2) is 0 Å². The van der Waals surface area contributed by atoms with Gasteiger partial charge in [0.2, 0.25) is 0 Å². The van der Waals surface area contributed by atoms with Crippen LogP contribution in [-0.2, 0) is 27.3 Å². The van der Waals surface area contributed by atoms with Gasteiger partial charge in [-0.1, -0.05) is 86.6 Å². The molecule has 0 saturated heterocycles. The maximum atomic E-state index is 12.5. The lowest BCUT2D eigenvalue weighted by Crippen LogP contribution is -2.53. The van der Waals surface area contributed by atoms with E-state index in [2.05, 4.69) is 71.7 Å². The van der Waals surface area contributed by atoms with E-state index in [1.165, 1.54) is 21.5 Å². The molecule has 0 heterocycles. The molecule has 4 rings (SSSR count). The summed E-state index contributed by atoms with van der Waals surface area (Å²) in [5.41, 5.74) is 16.8. The Labute approximate surface area is 321 Å². The van der Waals surface area contributed by atoms with Crippen LogP contribution in [-0.4, -0.2) is 85.6 Å². The Morgan fingerprint density at radius 1 is 0.636 bits per heavy atom. The fraction of sp³-hybridized carbons (Fsp3) is 0.293. The summed E-state index contributed by atoms with van der Waals surface area (Å²) in [6, 6.07) is 28.3. The second-order valence-corrected chi connectivity index (χ2v) is 12.5. The van der Waals surface area contributed by atoms with Crippen molar-refractivity contribution in [2.45, 2.75) is 45.7 Å². The number of nitrogens with one attached hydrogen (secondary N) is 5. The van der Waals surface area contributed by atoms with Crippen molar-refractivity contribution in [3.05, 3.63) is 119 Å². The molecule has 6 amide bonds. The Morgan fingerprint density at radius 2 is 1.04 bits per heavy atom. The van der Waals surface area contributed by atoms with Crippen LogP contribution >= 0.6 is 0 Å². The number of hydrogen-bond donors (Lipinski definition) is 7. The number of carbonyl (C=O) groups is 5. The number of carbonyl (C=O) groups excluding carboxylic acids is 5. The van der Waals surface area contributed by atoms with Crippen LogP contribution in [0.3, 0.4) is 0 Å². The van der Waals surface area contributed by atoms with Crippen molar-refractivity contribution in [1.29, 1.82) is 0 Å². The molecule has 0 bridgehead atoms. The molecule has 0 fully saturated rings. The van der Waals surface area contributed by atoms with Crippen molar-refractivity contribution in [3.8, 4) is 22.3 Å². The number of nitrogens with zero attached hydrogens (tertiary/aromatic N) is 1. The maximum Gasteiger partial charge on any atom is 0.316 e. The molecule has 8 N–H and O–H groups in total. The van der Waals surface area contributed by atoms with Crippen LogP contribution < -0.4 is 32.6 Å². The zero-order valence-electron chi connectivity index (χ0n) is 31.8. The third kappa shape index (κ3) is 13.4. The van der Waals surface area contributed by atoms with Crippen molar-refractivity contribution in [2.75, 3.05) is 33.8 Å². The van der Waals surface area contributed by atoms with E-state index in [-0.39, 0.29) is 19.0 Å². The lowest BCUT2D eigenvalue weighted by Gasteiger charge is -2.19. The highest BCUT2D eigenvalue weighted by Gasteiger charge is 2.23. The third-order valence-corrected chi connectivity index (χ3v) is 8.46. The lowest BCUT2D eigenvalue weighted by molar-refractivity contribution is -0.135. The average Bonchev–Trinajstić information content (AvgIpc) is 3.23. The van der Waals surface area contributed by atoms with Gasteiger partial charge in [0.25, 0.3) is 23.6 Å². The van der Waals surface area contributed by atoms with Crippen LogP contribution in [0.5, 0.6) is 0 Å². The van der Waals surface area contributed by atoms with Crippen LogP contribution in [0.4, 0.5) is 4.79 Å². The van der Waals surface area contributed by atoms with Crippen LogP contribution in [0, 0.1) is 0 Å². The van der Waals surface area contributed by atoms with Gasteiger partial charge in [0.05, 0.1) is 6.61 Å². The van der Waals surface area contributed by atoms with Gasteiger partial charge in [-0.15, -0.1) is 0 Å². The molecule has 14 nitrogen and oxygen atoms in total. The van der Waals surface area contributed by atoms with Crippen molar-refractivity contribution >= 4 is 29.7 Å². The van der Waals surface area contributed by atoms with Crippen LogP contribution in [0.1, 0.15) is 52.6 Å². The fourth-order valence-electron chi connectivity index (χ4n) is 5.06. The zero-order valence-corrected chi connectivity index (χ0v) is 31.8. The van der Waals surface area contributed by atoms with E-state index in [1.54, 1.807) is 45.3 Å². The van der Waals surface area contributed by atoms with Crippen LogP contribution in [0.25, 0.3) is 22.3 Å². The Balaban J connectivity index is 0.000000297. The summed E-state index contributed by atoms with van der Waals surface area (Å²) in [4.78, 5) is 66.3. The largest absolute Gasteiger partial charge is 0.339 e. The molecule has 4 aromatic carbocycles. The van der Waals surface area contributed by atoms with Gasteiger partial charge in [0.1, 0.15) is 12.1 Å². The molecule has 2 unspecified atom stereocenters. The standard InChI is InChI=1S/C21H26N4O4.C20H25N3O3/c1-4-14-5-7-15(8-6-14)16-9-11-17(12-10-16)19(26)23-18(20(27)24-29)13-22-21(28)25(2)3;1-3-14-5-7-15(8-6-14)16-9-11-17(12-10-16)19(24)22-18(13-21)20(25)23-26-4-2/h5-12,18,29H,4,13H2,1-3H3,(H,22,28)(H,23,26)(H,24,27);5-12,18H,3-4,13,21H2,1-2H3,(H,22,24)(H,23,25). The molecule has 0 radical (unpaired) electrons. The van der Waals surface area contributed by atoms with E-state index in [0.29, 0.717) is 17.7 Å². The minimum Gasteiger partial charge on any atom is -0.339 e. The molecule has 55 heavy (non-hydrogen) atoms. The van der Waals surface area contributed by atoms with Crippen molar-refractivity contribution < 1.29 is 34.0 Å². The Hall–Kier alpha value is -6.09. The number of nitrogens with two attached hydrogens (primary N) is 1. The zero-order chi connectivity index (χ0) is 40.3. The SMILES string of the molecule is CCONC(=O)C(CN)NC(=O)c1ccc(-c2ccc(CC)cc2)cc1.CCc1ccc(-c2ccc(C(=O)NC(CNC(=O)N(C)C)C(=O)NO)cc2)cc1. The summed E-state index contributed by atoms with van der Waals surface area (Å²) in [5.74, 6) is -2.16. The van der Waals surface area contributed by atoms with E-state index in [9.17, 15) is 24.0 Å². The molecular formula is C41H51N7O7. The Bertz CT molecular complexity index is 1850. The van der Waals surface area contributed by atoms with Crippen molar-refractivity contribution in [1.82, 2.24) is 31.8 Å². The summed E-state index contributed by atoms with van der Waals surface area (Å²) in [6.07, 6.45) is 1.97. The van der Waals surface area contributed by atoms with Gasteiger partial charge >= 0.3 is 6.03 Å². The van der Waals surface area contributed by atoms with Crippen LogP contribution in [0.15, 0.2) is 97.1 Å². The normalized spacial score (nSPS) is 11.5. The minimum absolute atomic E-state index is 0.0213. The first-order valence-electron chi connectivity index (χ1n) is 18.0. The predicted octanol–water partition coefficient (Wildman–Crippen LogP) is 3.83. The molecule has 0 aliphatic rings. The van der Waals surface area contributed by atoms with E-state index >= 15 is 0 Å². The van der Waals surface area contributed by atoms with Gasteiger partial charge in [0, 0.05) is 38.3 Å². The van der Waals surface area contributed by atoms with E-state index in [0.717, 1.165) is 35.1 Å². The van der Waals surface area contributed by atoms with E-state index < -0.39 is 35.8 Å². The first kappa shape index (κ1) is 43.3. The lowest BCUT2D eigenvalue weighted by atomic mass is 10.0. The highest BCUT2D eigenvalue weighted by Crippen LogP contribution is 2.22. The molecule has 0 spiro atoms. The van der Waals surface area contributed by atoms with Gasteiger partial charge < -0.3 is 26.6 Å². The monoisotopic (exact) mass is 753 g/mol.